The van der Waals surface area contributed by atoms with Crippen LogP contribution in [0.5, 0.6) is 0 Å². The van der Waals surface area contributed by atoms with E-state index in [9.17, 15) is 0 Å². The minimum absolute atomic E-state index is 0.0757. The fraction of sp³-hybridized carbons (Fsp3) is 1.00. The van der Waals surface area contributed by atoms with Crippen LogP contribution in [0.15, 0.2) is 0 Å². The van der Waals surface area contributed by atoms with E-state index < -0.39 is 0 Å². The lowest BCUT2D eigenvalue weighted by molar-refractivity contribution is -0.0216. The Bertz CT molecular complexity index is 164. The zero-order valence-electron chi connectivity index (χ0n) is 10.6. The molecule has 1 fully saturated rings. The zero-order chi connectivity index (χ0) is 11.1. The maximum Gasteiger partial charge on any atom is 0.0623 e. The SMILES string of the molecule is CCC(C)(C)OCCCCCNC1CC1. The molecule has 0 atom stereocenters. The normalized spacial score (nSPS) is 17.0. The Kier molecular flexibility index (Phi) is 5.62. The van der Waals surface area contributed by atoms with Gasteiger partial charge in [-0.05, 0) is 58.9 Å². The van der Waals surface area contributed by atoms with E-state index in [0.717, 1.165) is 19.1 Å². The van der Waals surface area contributed by atoms with Crippen molar-refractivity contribution in [3.63, 3.8) is 0 Å². The van der Waals surface area contributed by atoms with Crippen molar-refractivity contribution in [3.8, 4) is 0 Å². The molecule has 0 aromatic carbocycles. The molecule has 0 heterocycles. The summed E-state index contributed by atoms with van der Waals surface area (Å²) in [5, 5.41) is 3.53. The summed E-state index contributed by atoms with van der Waals surface area (Å²) in [5.41, 5.74) is 0.0757. The van der Waals surface area contributed by atoms with Gasteiger partial charge in [-0.25, -0.2) is 0 Å². The maximum atomic E-state index is 5.80. The molecule has 15 heavy (non-hydrogen) atoms. The second-order valence-corrected chi connectivity index (χ2v) is 5.25. The Hall–Kier alpha value is -0.0800. The van der Waals surface area contributed by atoms with Crippen molar-refractivity contribution in [2.45, 2.75) is 70.9 Å². The molecule has 90 valence electrons. The van der Waals surface area contributed by atoms with Crippen LogP contribution in [0, 0.1) is 0 Å². The average molecular weight is 213 g/mol. The van der Waals surface area contributed by atoms with Gasteiger partial charge in [-0.2, -0.15) is 0 Å². The molecule has 2 heteroatoms. The fourth-order valence-corrected chi connectivity index (χ4v) is 1.45. The summed E-state index contributed by atoms with van der Waals surface area (Å²) in [5.74, 6) is 0. The minimum Gasteiger partial charge on any atom is -0.376 e. The number of rotatable bonds is 9. The number of ether oxygens (including phenoxy) is 1. The molecule has 0 aromatic rings. The minimum atomic E-state index is 0.0757. The van der Waals surface area contributed by atoms with Gasteiger partial charge in [0.05, 0.1) is 5.60 Å². The largest absolute Gasteiger partial charge is 0.376 e. The van der Waals surface area contributed by atoms with Crippen LogP contribution in [-0.4, -0.2) is 24.8 Å². The summed E-state index contributed by atoms with van der Waals surface area (Å²) >= 11 is 0. The lowest BCUT2D eigenvalue weighted by Crippen LogP contribution is -2.23. The van der Waals surface area contributed by atoms with E-state index in [1.807, 2.05) is 0 Å². The number of hydrogen-bond acceptors (Lipinski definition) is 2. The van der Waals surface area contributed by atoms with E-state index in [4.69, 9.17) is 4.74 Å². The molecule has 0 bridgehead atoms. The van der Waals surface area contributed by atoms with E-state index in [0.29, 0.717) is 0 Å². The number of nitrogens with one attached hydrogen (secondary N) is 1. The Morgan fingerprint density at radius 2 is 1.93 bits per heavy atom. The standard InChI is InChI=1S/C13H27NO/c1-4-13(2,3)15-11-7-5-6-10-14-12-8-9-12/h12,14H,4-11H2,1-3H3. The van der Waals surface area contributed by atoms with Crippen LogP contribution in [0.2, 0.25) is 0 Å². The van der Waals surface area contributed by atoms with Gasteiger partial charge in [0, 0.05) is 12.6 Å². The van der Waals surface area contributed by atoms with Crippen molar-refractivity contribution in [3.05, 3.63) is 0 Å². The van der Waals surface area contributed by atoms with Gasteiger partial charge >= 0.3 is 0 Å². The van der Waals surface area contributed by atoms with Crippen LogP contribution < -0.4 is 5.32 Å². The van der Waals surface area contributed by atoms with E-state index in [1.165, 1.54) is 38.6 Å². The zero-order valence-corrected chi connectivity index (χ0v) is 10.6. The number of unbranched alkanes of at least 4 members (excludes halogenated alkanes) is 2. The van der Waals surface area contributed by atoms with Gasteiger partial charge in [0.15, 0.2) is 0 Å². The highest BCUT2D eigenvalue weighted by Gasteiger charge is 2.19. The van der Waals surface area contributed by atoms with Gasteiger partial charge in [-0.3, -0.25) is 0 Å². The van der Waals surface area contributed by atoms with Crippen molar-refractivity contribution in [1.29, 1.82) is 0 Å². The first-order chi connectivity index (χ1) is 7.14. The van der Waals surface area contributed by atoms with E-state index >= 15 is 0 Å². The summed E-state index contributed by atoms with van der Waals surface area (Å²) < 4.78 is 5.80. The monoisotopic (exact) mass is 213 g/mol. The van der Waals surface area contributed by atoms with Gasteiger partial charge in [-0.15, -0.1) is 0 Å². The topological polar surface area (TPSA) is 21.3 Å². The Balaban J connectivity index is 1.79. The van der Waals surface area contributed by atoms with Gasteiger partial charge < -0.3 is 10.1 Å². The van der Waals surface area contributed by atoms with Gasteiger partial charge in [0.1, 0.15) is 0 Å². The quantitative estimate of drug-likeness (QED) is 0.594. The molecule has 1 aliphatic rings. The first kappa shape index (κ1) is 13.0. The molecule has 0 spiro atoms. The Morgan fingerprint density at radius 3 is 2.53 bits per heavy atom. The molecule has 0 aliphatic heterocycles. The molecule has 1 saturated carbocycles. The first-order valence-electron chi connectivity index (χ1n) is 6.51. The van der Waals surface area contributed by atoms with E-state index in [-0.39, 0.29) is 5.60 Å². The van der Waals surface area contributed by atoms with Crippen molar-refractivity contribution < 1.29 is 4.74 Å². The molecule has 1 N–H and O–H groups in total. The summed E-state index contributed by atoms with van der Waals surface area (Å²) in [6.07, 6.45) is 7.68. The third-order valence-corrected chi connectivity index (χ3v) is 3.18. The molecule has 0 radical (unpaired) electrons. The summed E-state index contributed by atoms with van der Waals surface area (Å²) in [6.45, 7) is 8.63. The second kappa shape index (κ2) is 6.49. The first-order valence-corrected chi connectivity index (χ1v) is 6.51. The third kappa shape index (κ3) is 6.91. The lowest BCUT2D eigenvalue weighted by atomic mass is 10.1. The second-order valence-electron chi connectivity index (χ2n) is 5.25. The van der Waals surface area contributed by atoms with E-state index in [1.54, 1.807) is 0 Å². The highest BCUT2D eigenvalue weighted by molar-refractivity contribution is 4.80. The third-order valence-electron chi connectivity index (χ3n) is 3.18. The summed E-state index contributed by atoms with van der Waals surface area (Å²) in [4.78, 5) is 0. The van der Waals surface area contributed by atoms with Crippen molar-refractivity contribution in [2.24, 2.45) is 0 Å². The van der Waals surface area contributed by atoms with Gasteiger partial charge in [0.2, 0.25) is 0 Å². The molecule has 2 nitrogen and oxygen atoms in total. The van der Waals surface area contributed by atoms with E-state index in [2.05, 4.69) is 26.1 Å². The summed E-state index contributed by atoms with van der Waals surface area (Å²) in [7, 11) is 0. The van der Waals surface area contributed by atoms with Crippen LogP contribution in [0.1, 0.15) is 59.3 Å². The van der Waals surface area contributed by atoms with Gasteiger partial charge in [-0.1, -0.05) is 6.92 Å². The maximum absolute atomic E-state index is 5.80. The highest BCUT2D eigenvalue weighted by atomic mass is 16.5. The molecule has 0 saturated heterocycles. The van der Waals surface area contributed by atoms with Crippen molar-refractivity contribution in [1.82, 2.24) is 5.32 Å². The molecule has 0 aromatic heterocycles. The molecular formula is C13H27NO. The van der Waals surface area contributed by atoms with Gasteiger partial charge in [0.25, 0.3) is 0 Å². The van der Waals surface area contributed by atoms with Crippen LogP contribution in [-0.2, 0) is 4.74 Å². The predicted molar refractivity (Wildman–Crippen MR) is 65.2 cm³/mol. The van der Waals surface area contributed by atoms with Crippen LogP contribution >= 0.6 is 0 Å². The highest BCUT2D eigenvalue weighted by Crippen LogP contribution is 2.18. The fourth-order valence-electron chi connectivity index (χ4n) is 1.45. The lowest BCUT2D eigenvalue weighted by Gasteiger charge is -2.23. The smallest absolute Gasteiger partial charge is 0.0623 e. The molecule has 1 aliphatic carbocycles. The van der Waals surface area contributed by atoms with Crippen LogP contribution in [0.25, 0.3) is 0 Å². The van der Waals surface area contributed by atoms with Crippen LogP contribution in [0.3, 0.4) is 0 Å². The summed E-state index contributed by atoms with van der Waals surface area (Å²) in [6, 6.07) is 0.861. The molecule has 0 unspecified atom stereocenters. The molecular weight excluding hydrogens is 186 g/mol. The number of hydrogen-bond donors (Lipinski definition) is 1. The Labute approximate surface area is 94.8 Å². The Morgan fingerprint density at radius 1 is 1.20 bits per heavy atom. The molecule has 1 rings (SSSR count). The predicted octanol–water partition coefficient (Wildman–Crippen LogP) is 3.11. The van der Waals surface area contributed by atoms with Crippen molar-refractivity contribution >= 4 is 0 Å². The molecule has 0 amide bonds. The average Bonchev–Trinajstić information content (AvgIpc) is 3.00. The van der Waals surface area contributed by atoms with Crippen molar-refractivity contribution in [2.75, 3.05) is 13.2 Å². The van der Waals surface area contributed by atoms with Crippen LogP contribution in [0.4, 0.5) is 0 Å².